The molecule has 3 rings (SSSR count). The van der Waals surface area contributed by atoms with Gasteiger partial charge in [0.05, 0.1) is 0 Å². The molecule has 2 aromatic carbocycles. The highest BCUT2D eigenvalue weighted by Crippen LogP contribution is 2.45. The number of aromatic hydroxyl groups is 4. The van der Waals surface area contributed by atoms with E-state index in [1.807, 2.05) is 0 Å². The molecule has 1 aliphatic rings. The van der Waals surface area contributed by atoms with Crippen LogP contribution < -0.4 is 0 Å². The van der Waals surface area contributed by atoms with Crippen molar-refractivity contribution in [2.45, 2.75) is 110 Å². The highest BCUT2D eigenvalue weighted by molar-refractivity contribution is 5.46. The van der Waals surface area contributed by atoms with E-state index in [-0.39, 0.29) is 23.0 Å². The first-order chi connectivity index (χ1) is 16.8. The van der Waals surface area contributed by atoms with Crippen molar-refractivity contribution in [1.82, 2.24) is 0 Å². The molecule has 0 aliphatic heterocycles. The lowest BCUT2D eigenvalue weighted by Gasteiger charge is -2.07. The lowest BCUT2D eigenvalue weighted by molar-refractivity contribution is 0.440. The van der Waals surface area contributed by atoms with Crippen LogP contribution in [-0.4, -0.2) is 20.4 Å². The molecule has 35 heavy (non-hydrogen) atoms. The van der Waals surface area contributed by atoms with Crippen LogP contribution in [0, 0.1) is 25.7 Å². The predicted octanol–water partition coefficient (Wildman–Crippen LogP) is 8.23. The molecule has 4 nitrogen and oxygen atoms in total. The van der Waals surface area contributed by atoms with Crippen LogP contribution in [0.15, 0.2) is 24.3 Å². The molecule has 2 atom stereocenters. The van der Waals surface area contributed by atoms with Gasteiger partial charge in [0.15, 0.2) is 0 Å². The van der Waals surface area contributed by atoms with Gasteiger partial charge in [-0.2, -0.15) is 0 Å². The second kappa shape index (κ2) is 13.7. The van der Waals surface area contributed by atoms with E-state index in [1.165, 1.54) is 70.6 Å². The SMILES string of the molecule is Cc1c(O)cc(CCCCCCCC2CC2CCCCCCCc2cc(O)c(C)c(O)c2)cc1O. The van der Waals surface area contributed by atoms with Crippen molar-refractivity contribution in [3.8, 4) is 23.0 Å². The second-order valence-corrected chi connectivity index (χ2v) is 10.9. The maximum Gasteiger partial charge on any atom is 0.122 e. The third-order valence-electron chi connectivity index (χ3n) is 7.98. The molecule has 1 fully saturated rings. The summed E-state index contributed by atoms with van der Waals surface area (Å²) in [4.78, 5) is 0. The fourth-order valence-corrected chi connectivity index (χ4v) is 5.32. The number of unbranched alkanes of at least 4 members (excludes halogenated alkanes) is 8. The maximum absolute atomic E-state index is 9.82. The van der Waals surface area contributed by atoms with E-state index in [0.717, 1.165) is 48.6 Å². The summed E-state index contributed by atoms with van der Waals surface area (Å²) in [6.45, 7) is 3.46. The summed E-state index contributed by atoms with van der Waals surface area (Å²) in [7, 11) is 0. The van der Waals surface area contributed by atoms with E-state index in [1.54, 1.807) is 38.1 Å². The average Bonchev–Trinajstić information content (AvgIpc) is 3.57. The zero-order chi connectivity index (χ0) is 25.2. The van der Waals surface area contributed by atoms with Crippen LogP contribution >= 0.6 is 0 Å². The topological polar surface area (TPSA) is 80.9 Å². The molecule has 2 aromatic rings. The van der Waals surface area contributed by atoms with Crippen molar-refractivity contribution in [1.29, 1.82) is 0 Å². The molecule has 0 bridgehead atoms. The van der Waals surface area contributed by atoms with Crippen LogP contribution in [-0.2, 0) is 12.8 Å². The van der Waals surface area contributed by atoms with E-state index in [9.17, 15) is 20.4 Å². The summed E-state index contributed by atoms with van der Waals surface area (Å²) in [6.07, 6.45) is 18.7. The quantitative estimate of drug-likeness (QED) is 0.182. The number of hydrogen-bond donors (Lipinski definition) is 4. The molecule has 0 saturated heterocycles. The molecule has 2 unspecified atom stereocenters. The molecule has 4 heteroatoms. The first-order valence-electron chi connectivity index (χ1n) is 13.9. The molecular formula is C31H46O4. The Morgan fingerprint density at radius 1 is 0.514 bits per heavy atom. The van der Waals surface area contributed by atoms with Crippen LogP contribution in [0.5, 0.6) is 23.0 Å². The molecule has 1 aliphatic carbocycles. The summed E-state index contributed by atoms with van der Waals surface area (Å²) in [5.41, 5.74) is 3.17. The minimum atomic E-state index is 0.195. The van der Waals surface area contributed by atoms with Gasteiger partial charge in [-0.05, 0) is 93.2 Å². The van der Waals surface area contributed by atoms with Crippen molar-refractivity contribution in [2.24, 2.45) is 11.8 Å². The molecule has 1 saturated carbocycles. The first kappa shape index (κ1) is 27.2. The van der Waals surface area contributed by atoms with Gasteiger partial charge in [0.1, 0.15) is 23.0 Å². The minimum Gasteiger partial charge on any atom is -0.508 e. The van der Waals surface area contributed by atoms with E-state index in [4.69, 9.17) is 0 Å². The van der Waals surface area contributed by atoms with E-state index in [0.29, 0.717) is 11.1 Å². The Hall–Kier alpha value is -2.36. The zero-order valence-electron chi connectivity index (χ0n) is 21.9. The number of benzene rings is 2. The Morgan fingerprint density at radius 3 is 1.20 bits per heavy atom. The van der Waals surface area contributed by atoms with Crippen LogP contribution in [0.4, 0.5) is 0 Å². The van der Waals surface area contributed by atoms with E-state index in [2.05, 4.69) is 0 Å². The van der Waals surface area contributed by atoms with Gasteiger partial charge < -0.3 is 20.4 Å². The molecular weight excluding hydrogens is 436 g/mol. The van der Waals surface area contributed by atoms with Crippen LogP contribution in [0.2, 0.25) is 0 Å². The monoisotopic (exact) mass is 482 g/mol. The van der Waals surface area contributed by atoms with E-state index < -0.39 is 0 Å². The number of hydrogen-bond acceptors (Lipinski definition) is 4. The van der Waals surface area contributed by atoms with Gasteiger partial charge in [0.2, 0.25) is 0 Å². The van der Waals surface area contributed by atoms with Crippen LogP contribution in [0.3, 0.4) is 0 Å². The van der Waals surface area contributed by atoms with Gasteiger partial charge >= 0.3 is 0 Å². The van der Waals surface area contributed by atoms with Crippen molar-refractivity contribution in [2.75, 3.05) is 0 Å². The molecule has 0 radical (unpaired) electrons. The molecule has 0 heterocycles. The molecule has 0 spiro atoms. The number of phenolic OH excluding ortho intramolecular Hbond substituents is 4. The number of phenols is 4. The lowest BCUT2D eigenvalue weighted by Crippen LogP contribution is -1.90. The smallest absolute Gasteiger partial charge is 0.122 e. The predicted molar refractivity (Wildman–Crippen MR) is 143 cm³/mol. The second-order valence-electron chi connectivity index (χ2n) is 10.9. The summed E-state index contributed by atoms with van der Waals surface area (Å²) >= 11 is 0. The Bertz CT molecular complexity index is 814. The van der Waals surface area contributed by atoms with Crippen molar-refractivity contribution >= 4 is 0 Å². The van der Waals surface area contributed by atoms with Gasteiger partial charge in [-0.1, -0.05) is 64.2 Å². The standard InChI is InChI=1S/C31H46O4/c1-22-28(32)17-24(18-29(22)33)13-9-5-3-7-11-15-26-21-27(26)16-12-8-4-6-10-14-25-19-30(34)23(2)31(35)20-25/h17-20,26-27,32-35H,3-16,21H2,1-2H3. The highest BCUT2D eigenvalue weighted by Gasteiger charge is 2.34. The van der Waals surface area contributed by atoms with Crippen LogP contribution in [0.1, 0.15) is 106 Å². The Balaban J connectivity index is 1.12. The summed E-state index contributed by atoms with van der Waals surface area (Å²) in [5, 5.41) is 39.3. The number of rotatable bonds is 16. The van der Waals surface area contributed by atoms with Gasteiger partial charge in [-0.15, -0.1) is 0 Å². The minimum absolute atomic E-state index is 0.195. The summed E-state index contributed by atoms with van der Waals surface area (Å²) in [6, 6.07) is 7.14. The Morgan fingerprint density at radius 2 is 0.829 bits per heavy atom. The van der Waals surface area contributed by atoms with Gasteiger partial charge in [-0.3, -0.25) is 0 Å². The van der Waals surface area contributed by atoms with Gasteiger partial charge in [0, 0.05) is 11.1 Å². The van der Waals surface area contributed by atoms with Gasteiger partial charge in [0.25, 0.3) is 0 Å². The Labute approximate surface area is 212 Å². The number of aryl methyl sites for hydroxylation is 2. The third-order valence-corrected chi connectivity index (χ3v) is 7.98. The fourth-order valence-electron chi connectivity index (χ4n) is 5.32. The van der Waals surface area contributed by atoms with E-state index >= 15 is 0 Å². The summed E-state index contributed by atoms with van der Waals surface area (Å²) < 4.78 is 0. The molecule has 4 N–H and O–H groups in total. The maximum atomic E-state index is 9.82. The van der Waals surface area contributed by atoms with Crippen molar-refractivity contribution < 1.29 is 20.4 Å². The highest BCUT2D eigenvalue weighted by atomic mass is 16.3. The van der Waals surface area contributed by atoms with Crippen molar-refractivity contribution in [3.05, 3.63) is 46.5 Å². The Kier molecular flexibility index (Phi) is 10.6. The molecule has 0 aromatic heterocycles. The molecule has 0 amide bonds. The van der Waals surface area contributed by atoms with Crippen molar-refractivity contribution in [3.63, 3.8) is 0 Å². The summed E-state index contributed by atoms with van der Waals surface area (Å²) in [5.74, 6) is 2.74. The average molecular weight is 483 g/mol. The normalized spacial score (nSPS) is 17.1. The first-order valence-corrected chi connectivity index (χ1v) is 13.9. The fraction of sp³-hybridized carbons (Fsp3) is 0.613. The van der Waals surface area contributed by atoms with Gasteiger partial charge in [-0.25, -0.2) is 0 Å². The molecule has 194 valence electrons. The van der Waals surface area contributed by atoms with Crippen LogP contribution in [0.25, 0.3) is 0 Å². The lowest BCUT2D eigenvalue weighted by atomic mass is 10.0. The zero-order valence-corrected chi connectivity index (χ0v) is 21.9. The third kappa shape index (κ3) is 8.98. The largest absolute Gasteiger partial charge is 0.508 e.